The molecule has 154 valence electrons. The van der Waals surface area contributed by atoms with Crippen LogP contribution in [0.3, 0.4) is 0 Å². The minimum Gasteiger partial charge on any atom is -0.492 e. The number of hydrogen-bond acceptors (Lipinski definition) is 5. The Morgan fingerprint density at radius 3 is 2.28 bits per heavy atom. The van der Waals surface area contributed by atoms with Crippen LogP contribution in [-0.4, -0.2) is 61.5 Å². The summed E-state index contributed by atoms with van der Waals surface area (Å²) in [5.41, 5.74) is 1.38. The van der Waals surface area contributed by atoms with E-state index < -0.39 is 0 Å². The van der Waals surface area contributed by atoms with Gasteiger partial charge >= 0.3 is 6.09 Å². The number of amides is 1. The molecule has 3 rings (SSSR count). The summed E-state index contributed by atoms with van der Waals surface area (Å²) in [5, 5.41) is 1.03. The molecule has 1 saturated heterocycles. The van der Waals surface area contributed by atoms with Crippen molar-refractivity contribution >= 4 is 35.6 Å². The molecule has 8 heteroatoms. The second-order valence-corrected chi connectivity index (χ2v) is 7.57. The van der Waals surface area contributed by atoms with Crippen LogP contribution in [0.1, 0.15) is 15.9 Å². The summed E-state index contributed by atoms with van der Waals surface area (Å²) in [7, 11) is 0. The van der Waals surface area contributed by atoms with Crippen molar-refractivity contribution in [2.75, 3.05) is 39.3 Å². The monoisotopic (exact) mass is 436 g/mol. The lowest BCUT2D eigenvalue weighted by Crippen LogP contribution is -2.49. The quantitative estimate of drug-likeness (QED) is 0.610. The molecule has 0 aromatic heterocycles. The first kappa shape index (κ1) is 21.4. The average Bonchev–Trinajstić information content (AvgIpc) is 2.72. The first-order valence-electron chi connectivity index (χ1n) is 9.30. The van der Waals surface area contributed by atoms with E-state index in [0.717, 1.165) is 37.2 Å². The summed E-state index contributed by atoms with van der Waals surface area (Å²) in [6.07, 6.45) is 0.463. The summed E-state index contributed by atoms with van der Waals surface area (Å²) >= 11 is 11.9. The lowest BCUT2D eigenvalue weighted by molar-refractivity contribution is 0.0684. The highest BCUT2D eigenvalue weighted by Crippen LogP contribution is 2.20. The normalized spacial score (nSPS) is 14.5. The van der Waals surface area contributed by atoms with Crippen molar-refractivity contribution in [3.05, 3.63) is 63.6 Å². The maximum absolute atomic E-state index is 12.3. The maximum Gasteiger partial charge on any atom is 0.410 e. The molecular formula is C21H22Cl2N2O4. The summed E-state index contributed by atoms with van der Waals surface area (Å²) in [6.45, 7) is 4.15. The zero-order valence-electron chi connectivity index (χ0n) is 15.9. The fraction of sp³-hybridized carbons (Fsp3) is 0.333. The van der Waals surface area contributed by atoms with E-state index in [4.69, 9.17) is 32.7 Å². The van der Waals surface area contributed by atoms with Crippen LogP contribution < -0.4 is 4.74 Å². The van der Waals surface area contributed by atoms with Gasteiger partial charge in [0.05, 0.1) is 0 Å². The molecule has 0 unspecified atom stereocenters. The number of rotatable bonds is 7. The minimum absolute atomic E-state index is 0.135. The van der Waals surface area contributed by atoms with E-state index in [1.165, 1.54) is 0 Å². The Hall–Kier alpha value is -2.28. The van der Waals surface area contributed by atoms with Crippen LogP contribution in [0.25, 0.3) is 0 Å². The molecule has 0 saturated carbocycles. The van der Waals surface area contributed by atoms with Crippen molar-refractivity contribution in [3.8, 4) is 5.75 Å². The van der Waals surface area contributed by atoms with Crippen LogP contribution in [0.4, 0.5) is 4.79 Å². The number of halogens is 2. The van der Waals surface area contributed by atoms with Gasteiger partial charge in [0.1, 0.15) is 25.2 Å². The zero-order valence-corrected chi connectivity index (χ0v) is 17.4. The number of nitrogens with zero attached hydrogens (tertiary/aromatic N) is 2. The summed E-state index contributed by atoms with van der Waals surface area (Å²) in [5.74, 6) is 0.735. The first-order valence-corrected chi connectivity index (χ1v) is 10.1. The highest BCUT2D eigenvalue weighted by atomic mass is 35.5. The fourth-order valence-corrected chi connectivity index (χ4v) is 3.59. The number of ether oxygens (including phenoxy) is 2. The van der Waals surface area contributed by atoms with Gasteiger partial charge in [-0.25, -0.2) is 4.79 Å². The Bertz CT molecular complexity index is 817. The molecule has 1 heterocycles. The van der Waals surface area contributed by atoms with Crippen molar-refractivity contribution in [1.29, 1.82) is 0 Å². The molecule has 0 N–H and O–H groups in total. The molecule has 0 bridgehead atoms. The Morgan fingerprint density at radius 1 is 1.00 bits per heavy atom. The zero-order chi connectivity index (χ0) is 20.6. The number of carbonyl (C=O) groups excluding carboxylic acids is 2. The number of benzene rings is 2. The summed E-state index contributed by atoms with van der Waals surface area (Å²) in [4.78, 5) is 26.9. The van der Waals surface area contributed by atoms with Crippen LogP contribution in [0.2, 0.25) is 10.0 Å². The van der Waals surface area contributed by atoms with Crippen LogP contribution in [0.15, 0.2) is 42.5 Å². The third-order valence-electron chi connectivity index (χ3n) is 4.61. The summed E-state index contributed by atoms with van der Waals surface area (Å²) in [6, 6.07) is 12.1. The average molecular weight is 437 g/mol. The Balaban J connectivity index is 1.35. The minimum atomic E-state index is -0.340. The second-order valence-electron chi connectivity index (χ2n) is 6.70. The molecule has 0 radical (unpaired) electrons. The van der Waals surface area contributed by atoms with E-state index >= 15 is 0 Å². The van der Waals surface area contributed by atoms with Gasteiger partial charge in [-0.15, -0.1) is 0 Å². The van der Waals surface area contributed by atoms with Gasteiger partial charge in [0.2, 0.25) is 0 Å². The Labute approximate surface area is 179 Å². The number of carbonyl (C=O) groups is 2. The molecule has 1 aliphatic heterocycles. The van der Waals surface area contributed by atoms with Crippen molar-refractivity contribution in [2.45, 2.75) is 6.61 Å². The van der Waals surface area contributed by atoms with Crippen LogP contribution in [-0.2, 0) is 11.3 Å². The van der Waals surface area contributed by atoms with E-state index in [1.54, 1.807) is 47.4 Å². The molecule has 0 atom stereocenters. The van der Waals surface area contributed by atoms with Gasteiger partial charge in [0.25, 0.3) is 0 Å². The first-order chi connectivity index (χ1) is 14.0. The Morgan fingerprint density at radius 2 is 1.66 bits per heavy atom. The van der Waals surface area contributed by atoms with E-state index in [1.807, 2.05) is 0 Å². The predicted octanol–water partition coefficient (Wildman–Crippen LogP) is 4.14. The maximum atomic E-state index is 12.3. The van der Waals surface area contributed by atoms with Crippen LogP contribution in [0, 0.1) is 0 Å². The SMILES string of the molecule is O=Cc1ccc(OCCN2CCN(C(=O)OCc3cc(Cl)cc(Cl)c3)CC2)cc1. The van der Waals surface area contributed by atoms with Gasteiger partial charge in [-0.3, -0.25) is 9.69 Å². The van der Waals surface area contributed by atoms with Gasteiger partial charge in [-0.05, 0) is 48.0 Å². The largest absolute Gasteiger partial charge is 0.492 e. The molecule has 2 aromatic carbocycles. The van der Waals surface area contributed by atoms with Crippen molar-refractivity contribution in [3.63, 3.8) is 0 Å². The molecule has 0 aliphatic carbocycles. The lowest BCUT2D eigenvalue weighted by atomic mass is 10.2. The van der Waals surface area contributed by atoms with Crippen molar-refractivity contribution in [2.24, 2.45) is 0 Å². The molecule has 29 heavy (non-hydrogen) atoms. The lowest BCUT2D eigenvalue weighted by Gasteiger charge is -2.33. The van der Waals surface area contributed by atoms with Crippen LogP contribution >= 0.6 is 23.2 Å². The Kier molecular flexibility index (Phi) is 7.75. The van der Waals surface area contributed by atoms with Gasteiger partial charge in [0.15, 0.2) is 0 Å². The van der Waals surface area contributed by atoms with Gasteiger partial charge < -0.3 is 14.4 Å². The molecule has 0 spiro atoms. The third-order valence-corrected chi connectivity index (χ3v) is 5.04. The fourth-order valence-electron chi connectivity index (χ4n) is 3.02. The standard InChI is InChI=1S/C21H22Cl2N2O4/c22-18-11-17(12-19(23)13-18)15-29-21(27)25-7-5-24(6-8-25)9-10-28-20-3-1-16(14-26)2-4-20/h1-4,11-14H,5-10,15H2. The number of hydrogen-bond donors (Lipinski definition) is 0. The van der Waals surface area contributed by atoms with E-state index in [9.17, 15) is 9.59 Å². The topological polar surface area (TPSA) is 59.1 Å². The highest BCUT2D eigenvalue weighted by Gasteiger charge is 2.22. The van der Waals surface area contributed by atoms with Gasteiger partial charge in [-0.1, -0.05) is 23.2 Å². The summed E-state index contributed by atoms with van der Waals surface area (Å²) < 4.78 is 11.1. The molecule has 2 aromatic rings. The van der Waals surface area contributed by atoms with Crippen molar-refractivity contribution < 1.29 is 19.1 Å². The molecule has 1 aliphatic rings. The van der Waals surface area contributed by atoms with E-state index in [-0.39, 0.29) is 12.7 Å². The highest BCUT2D eigenvalue weighted by molar-refractivity contribution is 6.34. The number of piperazine rings is 1. The van der Waals surface area contributed by atoms with E-state index in [2.05, 4.69) is 4.90 Å². The molecule has 1 fully saturated rings. The van der Waals surface area contributed by atoms with E-state index in [0.29, 0.717) is 35.3 Å². The molecule has 1 amide bonds. The van der Waals surface area contributed by atoms with Gasteiger partial charge in [-0.2, -0.15) is 0 Å². The smallest absolute Gasteiger partial charge is 0.410 e. The predicted molar refractivity (Wildman–Crippen MR) is 112 cm³/mol. The van der Waals surface area contributed by atoms with Crippen molar-refractivity contribution in [1.82, 2.24) is 9.80 Å². The number of aldehydes is 1. The third kappa shape index (κ3) is 6.63. The van der Waals surface area contributed by atoms with Gasteiger partial charge in [0, 0.05) is 48.3 Å². The molecule has 6 nitrogen and oxygen atoms in total. The second kappa shape index (κ2) is 10.5. The van der Waals surface area contributed by atoms with Crippen LogP contribution in [0.5, 0.6) is 5.75 Å². The molecular weight excluding hydrogens is 415 g/mol.